The molecule has 5 heteroatoms. The average molecular weight is 278 g/mol. The third kappa shape index (κ3) is 3.04. The standard InChI is InChI=1S/C15H22N2O3/c1-11(15(18)17-8-6-16-7-9-17)13-5-4-12(19-2)10-14(13)20-3/h4-5,10-11,16H,6-9H2,1-3H3. The zero-order chi connectivity index (χ0) is 14.5. The van der Waals surface area contributed by atoms with Crippen LogP contribution >= 0.6 is 0 Å². The lowest BCUT2D eigenvalue weighted by Gasteiger charge is -2.30. The first-order valence-corrected chi connectivity index (χ1v) is 6.88. The Morgan fingerprint density at radius 1 is 1.25 bits per heavy atom. The van der Waals surface area contributed by atoms with E-state index < -0.39 is 0 Å². The van der Waals surface area contributed by atoms with Crippen molar-refractivity contribution in [1.82, 2.24) is 10.2 Å². The van der Waals surface area contributed by atoms with E-state index in [0.29, 0.717) is 5.75 Å². The number of carbonyl (C=O) groups excluding carboxylic acids is 1. The van der Waals surface area contributed by atoms with Crippen molar-refractivity contribution in [3.63, 3.8) is 0 Å². The van der Waals surface area contributed by atoms with E-state index in [9.17, 15) is 4.79 Å². The average Bonchev–Trinajstić information content (AvgIpc) is 2.53. The summed E-state index contributed by atoms with van der Waals surface area (Å²) < 4.78 is 10.6. The first-order chi connectivity index (χ1) is 9.67. The summed E-state index contributed by atoms with van der Waals surface area (Å²) in [5.41, 5.74) is 0.900. The maximum absolute atomic E-state index is 12.5. The van der Waals surface area contributed by atoms with Gasteiger partial charge in [0.2, 0.25) is 5.91 Å². The summed E-state index contributed by atoms with van der Waals surface area (Å²) in [5.74, 6) is 1.36. The summed E-state index contributed by atoms with van der Waals surface area (Å²) >= 11 is 0. The highest BCUT2D eigenvalue weighted by molar-refractivity contribution is 5.84. The van der Waals surface area contributed by atoms with E-state index in [4.69, 9.17) is 9.47 Å². The van der Waals surface area contributed by atoms with Crippen LogP contribution in [0.3, 0.4) is 0 Å². The number of rotatable bonds is 4. The summed E-state index contributed by atoms with van der Waals surface area (Å²) in [4.78, 5) is 14.4. The predicted molar refractivity (Wildman–Crippen MR) is 77.4 cm³/mol. The number of benzene rings is 1. The van der Waals surface area contributed by atoms with E-state index in [0.717, 1.165) is 37.5 Å². The molecule has 5 nitrogen and oxygen atoms in total. The third-order valence-corrected chi connectivity index (χ3v) is 3.71. The smallest absolute Gasteiger partial charge is 0.230 e. The normalized spacial score (nSPS) is 16.6. The first kappa shape index (κ1) is 14.7. The van der Waals surface area contributed by atoms with Gasteiger partial charge in [0.25, 0.3) is 0 Å². The van der Waals surface area contributed by atoms with Crippen molar-refractivity contribution in [1.29, 1.82) is 0 Å². The molecule has 1 amide bonds. The quantitative estimate of drug-likeness (QED) is 0.900. The van der Waals surface area contributed by atoms with Gasteiger partial charge >= 0.3 is 0 Å². The SMILES string of the molecule is COc1ccc(C(C)C(=O)N2CCNCC2)c(OC)c1. The fourth-order valence-corrected chi connectivity index (χ4v) is 2.47. The Kier molecular flexibility index (Phi) is 4.84. The zero-order valence-electron chi connectivity index (χ0n) is 12.3. The summed E-state index contributed by atoms with van der Waals surface area (Å²) in [5, 5.41) is 3.25. The van der Waals surface area contributed by atoms with Gasteiger partial charge in [-0.1, -0.05) is 6.07 Å². The van der Waals surface area contributed by atoms with Crippen LogP contribution in [-0.2, 0) is 4.79 Å². The van der Waals surface area contributed by atoms with Crippen molar-refractivity contribution in [3.8, 4) is 11.5 Å². The van der Waals surface area contributed by atoms with Crippen LogP contribution in [0.4, 0.5) is 0 Å². The summed E-state index contributed by atoms with van der Waals surface area (Å²) in [6.07, 6.45) is 0. The van der Waals surface area contributed by atoms with Crippen LogP contribution in [0.15, 0.2) is 18.2 Å². The molecular weight excluding hydrogens is 256 g/mol. The molecule has 1 fully saturated rings. The molecule has 1 aromatic carbocycles. The van der Waals surface area contributed by atoms with Crippen molar-refractivity contribution in [2.75, 3.05) is 40.4 Å². The Morgan fingerprint density at radius 2 is 1.95 bits per heavy atom. The number of ether oxygens (including phenoxy) is 2. The number of hydrogen-bond acceptors (Lipinski definition) is 4. The van der Waals surface area contributed by atoms with Crippen LogP contribution in [0.1, 0.15) is 18.4 Å². The molecule has 1 unspecified atom stereocenters. The maximum Gasteiger partial charge on any atom is 0.230 e. The van der Waals surface area contributed by atoms with Crippen LogP contribution < -0.4 is 14.8 Å². The number of nitrogens with zero attached hydrogens (tertiary/aromatic N) is 1. The van der Waals surface area contributed by atoms with Gasteiger partial charge in [-0.3, -0.25) is 4.79 Å². The predicted octanol–water partition coefficient (Wildman–Crippen LogP) is 1.24. The number of methoxy groups -OCH3 is 2. The lowest BCUT2D eigenvalue weighted by atomic mass is 9.98. The molecule has 1 saturated heterocycles. The molecule has 0 radical (unpaired) electrons. The minimum atomic E-state index is -0.214. The lowest BCUT2D eigenvalue weighted by molar-refractivity contribution is -0.133. The van der Waals surface area contributed by atoms with Gasteiger partial charge in [0.15, 0.2) is 0 Å². The van der Waals surface area contributed by atoms with Crippen molar-refractivity contribution < 1.29 is 14.3 Å². The fraction of sp³-hybridized carbons (Fsp3) is 0.533. The van der Waals surface area contributed by atoms with Gasteiger partial charge in [0.05, 0.1) is 20.1 Å². The second-order valence-corrected chi connectivity index (χ2v) is 4.90. The van der Waals surface area contributed by atoms with Crippen LogP contribution in [-0.4, -0.2) is 51.2 Å². The number of piperazine rings is 1. The van der Waals surface area contributed by atoms with E-state index in [1.54, 1.807) is 14.2 Å². The van der Waals surface area contributed by atoms with E-state index in [1.807, 2.05) is 30.0 Å². The highest BCUT2D eigenvalue weighted by Crippen LogP contribution is 2.31. The Balaban J connectivity index is 2.18. The van der Waals surface area contributed by atoms with Gasteiger partial charge in [0.1, 0.15) is 11.5 Å². The molecule has 20 heavy (non-hydrogen) atoms. The topological polar surface area (TPSA) is 50.8 Å². The van der Waals surface area contributed by atoms with E-state index >= 15 is 0 Å². The van der Waals surface area contributed by atoms with E-state index in [2.05, 4.69) is 5.32 Å². The third-order valence-electron chi connectivity index (χ3n) is 3.71. The number of carbonyl (C=O) groups is 1. The number of hydrogen-bond donors (Lipinski definition) is 1. The van der Waals surface area contributed by atoms with Crippen LogP contribution in [0.2, 0.25) is 0 Å². The largest absolute Gasteiger partial charge is 0.497 e. The maximum atomic E-state index is 12.5. The van der Waals surface area contributed by atoms with Gasteiger partial charge in [-0.05, 0) is 13.0 Å². The molecule has 0 aromatic heterocycles. The Labute approximate surface area is 119 Å². The summed E-state index contributed by atoms with van der Waals surface area (Å²) in [6.45, 7) is 5.17. The molecule has 2 rings (SSSR count). The Hall–Kier alpha value is -1.75. The van der Waals surface area contributed by atoms with Crippen molar-refractivity contribution in [3.05, 3.63) is 23.8 Å². The highest BCUT2D eigenvalue weighted by atomic mass is 16.5. The highest BCUT2D eigenvalue weighted by Gasteiger charge is 2.25. The van der Waals surface area contributed by atoms with Gasteiger partial charge in [-0.25, -0.2) is 0 Å². The first-order valence-electron chi connectivity index (χ1n) is 6.88. The summed E-state index contributed by atoms with van der Waals surface area (Å²) in [6, 6.07) is 5.58. The molecule has 0 spiro atoms. The van der Waals surface area contributed by atoms with Gasteiger partial charge < -0.3 is 19.7 Å². The number of amides is 1. The molecule has 1 aliphatic rings. The van der Waals surface area contributed by atoms with Crippen molar-refractivity contribution in [2.45, 2.75) is 12.8 Å². The van der Waals surface area contributed by atoms with E-state index in [-0.39, 0.29) is 11.8 Å². The van der Waals surface area contributed by atoms with Crippen LogP contribution in [0, 0.1) is 0 Å². The molecule has 1 atom stereocenters. The van der Waals surface area contributed by atoms with Crippen LogP contribution in [0.5, 0.6) is 11.5 Å². The molecule has 0 bridgehead atoms. The fourth-order valence-electron chi connectivity index (χ4n) is 2.47. The monoisotopic (exact) mass is 278 g/mol. The zero-order valence-corrected chi connectivity index (χ0v) is 12.3. The summed E-state index contributed by atoms with van der Waals surface area (Å²) in [7, 11) is 3.23. The molecule has 0 saturated carbocycles. The minimum absolute atomic E-state index is 0.148. The Morgan fingerprint density at radius 3 is 2.55 bits per heavy atom. The van der Waals surface area contributed by atoms with Gasteiger partial charge in [0, 0.05) is 37.8 Å². The molecule has 110 valence electrons. The molecular formula is C15H22N2O3. The lowest BCUT2D eigenvalue weighted by Crippen LogP contribution is -2.47. The van der Waals surface area contributed by atoms with Crippen molar-refractivity contribution >= 4 is 5.91 Å². The molecule has 0 aliphatic carbocycles. The molecule has 1 N–H and O–H groups in total. The van der Waals surface area contributed by atoms with Crippen molar-refractivity contribution in [2.24, 2.45) is 0 Å². The van der Waals surface area contributed by atoms with Gasteiger partial charge in [-0.2, -0.15) is 0 Å². The van der Waals surface area contributed by atoms with Crippen LogP contribution in [0.25, 0.3) is 0 Å². The Bertz CT molecular complexity index is 470. The second-order valence-electron chi connectivity index (χ2n) is 4.90. The van der Waals surface area contributed by atoms with E-state index in [1.165, 1.54) is 0 Å². The number of nitrogens with one attached hydrogen (secondary N) is 1. The molecule has 1 aromatic rings. The molecule has 1 heterocycles. The second kappa shape index (κ2) is 6.61. The minimum Gasteiger partial charge on any atom is -0.497 e. The van der Waals surface area contributed by atoms with Gasteiger partial charge in [-0.15, -0.1) is 0 Å². The molecule has 1 aliphatic heterocycles.